The van der Waals surface area contributed by atoms with Gasteiger partial charge in [0.15, 0.2) is 5.11 Å². The van der Waals surface area contributed by atoms with Crippen LogP contribution in [0.3, 0.4) is 0 Å². The first-order chi connectivity index (χ1) is 13.2. The summed E-state index contributed by atoms with van der Waals surface area (Å²) in [6, 6.07) is 19.7. The van der Waals surface area contributed by atoms with Crippen LogP contribution in [0.1, 0.15) is 31.0 Å². The Balaban J connectivity index is 1.67. The Morgan fingerprint density at radius 2 is 1.74 bits per heavy atom. The maximum atomic E-state index is 5.59. The van der Waals surface area contributed by atoms with Gasteiger partial charge < -0.3 is 20.3 Å². The van der Waals surface area contributed by atoms with Crippen molar-refractivity contribution in [2.45, 2.75) is 32.4 Å². The summed E-state index contributed by atoms with van der Waals surface area (Å²) in [5.41, 5.74) is 3.68. The molecule has 0 saturated carbocycles. The fourth-order valence-corrected chi connectivity index (χ4v) is 4.07. The first-order valence-electron chi connectivity index (χ1n) is 9.81. The molecule has 1 saturated heterocycles. The van der Waals surface area contributed by atoms with Crippen LogP contribution in [-0.2, 0) is 11.2 Å². The highest BCUT2D eigenvalue weighted by Gasteiger charge is 2.31. The van der Waals surface area contributed by atoms with Gasteiger partial charge in [-0.25, -0.2) is 0 Å². The van der Waals surface area contributed by atoms with Crippen molar-refractivity contribution in [1.29, 1.82) is 0 Å². The molecule has 1 heterocycles. The normalized spacial score (nSPS) is 17.1. The Bertz CT molecular complexity index is 714. The average Bonchev–Trinajstić information content (AvgIpc) is 2.70. The van der Waals surface area contributed by atoms with Crippen molar-refractivity contribution in [2.24, 2.45) is 0 Å². The molecule has 3 rings (SSSR count). The summed E-state index contributed by atoms with van der Waals surface area (Å²) in [7, 11) is 0. The van der Waals surface area contributed by atoms with Crippen molar-refractivity contribution in [3.8, 4) is 0 Å². The van der Waals surface area contributed by atoms with E-state index in [0.29, 0.717) is 11.2 Å². The van der Waals surface area contributed by atoms with E-state index in [-0.39, 0.29) is 6.04 Å². The number of benzene rings is 2. The van der Waals surface area contributed by atoms with E-state index in [4.69, 9.17) is 17.0 Å². The molecule has 0 radical (unpaired) electrons. The van der Waals surface area contributed by atoms with Crippen molar-refractivity contribution in [3.63, 3.8) is 0 Å². The zero-order valence-electron chi connectivity index (χ0n) is 16.2. The van der Waals surface area contributed by atoms with Gasteiger partial charge in [-0.2, -0.15) is 0 Å². The number of ether oxygens (including phenoxy) is 1. The molecule has 2 atom stereocenters. The van der Waals surface area contributed by atoms with Gasteiger partial charge in [0.2, 0.25) is 0 Å². The molecule has 0 amide bonds. The Labute approximate surface area is 167 Å². The van der Waals surface area contributed by atoms with E-state index in [0.717, 1.165) is 38.4 Å². The van der Waals surface area contributed by atoms with Gasteiger partial charge in [0.1, 0.15) is 19.1 Å². The molecular formula is C22H30N3OS+. The smallest absolute Gasteiger partial charge is 0.171 e. The molecule has 0 spiro atoms. The van der Waals surface area contributed by atoms with Gasteiger partial charge >= 0.3 is 0 Å². The first-order valence-corrected chi connectivity index (χ1v) is 10.2. The molecule has 5 heteroatoms. The van der Waals surface area contributed by atoms with Crippen molar-refractivity contribution >= 4 is 23.0 Å². The summed E-state index contributed by atoms with van der Waals surface area (Å²) in [6.45, 7) is 8.05. The van der Waals surface area contributed by atoms with Gasteiger partial charge in [0, 0.05) is 11.3 Å². The van der Waals surface area contributed by atoms with Crippen LogP contribution in [0, 0.1) is 0 Å². The second-order valence-electron chi connectivity index (χ2n) is 7.10. The Morgan fingerprint density at radius 1 is 1.07 bits per heavy atom. The van der Waals surface area contributed by atoms with E-state index >= 15 is 0 Å². The van der Waals surface area contributed by atoms with Gasteiger partial charge in [-0.05, 0) is 43.3 Å². The lowest BCUT2D eigenvalue weighted by atomic mass is 9.98. The van der Waals surface area contributed by atoms with E-state index in [1.807, 2.05) is 0 Å². The van der Waals surface area contributed by atoms with Gasteiger partial charge in [0.25, 0.3) is 0 Å². The van der Waals surface area contributed by atoms with Gasteiger partial charge in [0.05, 0.1) is 19.3 Å². The lowest BCUT2D eigenvalue weighted by Crippen LogP contribution is -3.15. The predicted molar refractivity (Wildman–Crippen MR) is 115 cm³/mol. The van der Waals surface area contributed by atoms with Crippen molar-refractivity contribution in [3.05, 3.63) is 65.7 Å². The first kappa shape index (κ1) is 19.8. The largest absolute Gasteiger partial charge is 0.370 e. The fraction of sp³-hybridized carbons (Fsp3) is 0.409. The molecule has 1 fully saturated rings. The summed E-state index contributed by atoms with van der Waals surface area (Å²) >= 11 is 5.59. The standard InChI is InChI=1S/C22H29N3OS/c1-3-18-9-11-20(12-10-18)24-22(27)23-17(2)21(19-7-5-4-6-8-19)25-13-15-26-16-14-25/h4-12,17,21H,3,13-16H2,1-2H3,(H2,23,24,27)/p+1/t17-,21+/m1/s1. The molecule has 1 aliphatic rings. The molecule has 0 aromatic heterocycles. The Kier molecular flexibility index (Phi) is 7.21. The van der Waals surface area contributed by atoms with Crippen LogP contribution in [0.25, 0.3) is 0 Å². The van der Waals surface area contributed by atoms with Crippen molar-refractivity contribution < 1.29 is 9.64 Å². The highest BCUT2D eigenvalue weighted by Crippen LogP contribution is 2.15. The molecule has 1 aliphatic heterocycles. The third-order valence-electron chi connectivity index (χ3n) is 5.21. The lowest BCUT2D eigenvalue weighted by molar-refractivity contribution is -0.940. The number of thiocarbonyl (C=S) groups is 1. The Morgan fingerprint density at radius 3 is 2.37 bits per heavy atom. The van der Waals surface area contributed by atoms with Gasteiger partial charge in [-0.1, -0.05) is 49.4 Å². The third-order valence-corrected chi connectivity index (χ3v) is 5.43. The number of rotatable bonds is 6. The molecule has 144 valence electrons. The van der Waals surface area contributed by atoms with E-state index in [2.05, 4.69) is 79.1 Å². The number of hydrogen-bond acceptors (Lipinski definition) is 2. The van der Waals surface area contributed by atoms with Crippen LogP contribution in [0.4, 0.5) is 5.69 Å². The highest BCUT2D eigenvalue weighted by molar-refractivity contribution is 7.80. The molecule has 0 unspecified atom stereocenters. The van der Waals surface area contributed by atoms with Crippen LogP contribution in [-0.4, -0.2) is 37.5 Å². The number of hydrogen-bond donors (Lipinski definition) is 3. The molecule has 2 aromatic rings. The Hall–Kier alpha value is -1.95. The minimum Gasteiger partial charge on any atom is -0.370 e. The second-order valence-corrected chi connectivity index (χ2v) is 7.50. The molecule has 3 N–H and O–H groups in total. The maximum absolute atomic E-state index is 5.59. The number of anilines is 1. The van der Waals surface area contributed by atoms with Gasteiger partial charge in [-0.15, -0.1) is 0 Å². The number of morpholine rings is 1. The maximum Gasteiger partial charge on any atom is 0.171 e. The quantitative estimate of drug-likeness (QED) is 0.670. The van der Waals surface area contributed by atoms with E-state index in [9.17, 15) is 0 Å². The predicted octanol–water partition coefficient (Wildman–Crippen LogP) is 2.58. The fourth-order valence-electron chi connectivity index (χ4n) is 3.76. The van der Waals surface area contributed by atoms with Crippen molar-refractivity contribution in [1.82, 2.24) is 5.32 Å². The zero-order chi connectivity index (χ0) is 19.1. The summed E-state index contributed by atoms with van der Waals surface area (Å²) in [5.74, 6) is 0. The molecule has 27 heavy (non-hydrogen) atoms. The summed E-state index contributed by atoms with van der Waals surface area (Å²) in [4.78, 5) is 1.54. The van der Waals surface area contributed by atoms with Gasteiger partial charge in [-0.3, -0.25) is 0 Å². The molecular weight excluding hydrogens is 354 g/mol. The molecule has 0 bridgehead atoms. The minimum atomic E-state index is 0.204. The molecule has 2 aromatic carbocycles. The lowest BCUT2D eigenvalue weighted by Gasteiger charge is -2.35. The molecule has 0 aliphatic carbocycles. The van der Waals surface area contributed by atoms with E-state index < -0.39 is 0 Å². The SMILES string of the molecule is CCc1ccc(NC(=S)N[C@H](C)[C@@H](c2ccccc2)[NH+]2CCOCC2)cc1. The summed E-state index contributed by atoms with van der Waals surface area (Å²) < 4.78 is 5.57. The number of quaternary nitrogens is 1. The van der Waals surface area contributed by atoms with Crippen molar-refractivity contribution in [2.75, 3.05) is 31.6 Å². The summed E-state index contributed by atoms with van der Waals surface area (Å²) in [5, 5.41) is 7.50. The van der Waals surface area contributed by atoms with E-state index in [1.165, 1.54) is 11.1 Å². The van der Waals surface area contributed by atoms with Crippen LogP contribution in [0.15, 0.2) is 54.6 Å². The molecule has 4 nitrogen and oxygen atoms in total. The van der Waals surface area contributed by atoms with E-state index in [1.54, 1.807) is 4.90 Å². The summed E-state index contributed by atoms with van der Waals surface area (Å²) in [6.07, 6.45) is 1.04. The monoisotopic (exact) mass is 384 g/mol. The van der Waals surface area contributed by atoms with Crippen LogP contribution >= 0.6 is 12.2 Å². The zero-order valence-corrected chi connectivity index (χ0v) is 17.0. The van der Waals surface area contributed by atoms with Crippen LogP contribution < -0.4 is 15.5 Å². The highest BCUT2D eigenvalue weighted by atomic mass is 32.1. The van der Waals surface area contributed by atoms with Crippen LogP contribution in [0.5, 0.6) is 0 Å². The minimum absolute atomic E-state index is 0.204. The average molecular weight is 385 g/mol. The van der Waals surface area contributed by atoms with Crippen LogP contribution in [0.2, 0.25) is 0 Å². The number of nitrogens with one attached hydrogen (secondary N) is 3. The number of aryl methyl sites for hydroxylation is 1. The second kappa shape index (κ2) is 9.83. The topological polar surface area (TPSA) is 37.7 Å². The third kappa shape index (κ3) is 5.51.